The van der Waals surface area contributed by atoms with Crippen LogP contribution in [0.4, 0.5) is 0 Å². The van der Waals surface area contributed by atoms with Gasteiger partial charge in [0.25, 0.3) is 0 Å². The summed E-state index contributed by atoms with van der Waals surface area (Å²) < 4.78 is 0. The number of aryl methyl sites for hydroxylation is 1. The van der Waals surface area contributed by atoms with E-state index in [1.54, 1.807) is 0 Å². The maximum atomic E-state index is 6.29. The number of hydrogen-bond donors (Lipinski definition) is 1. The van der Waals surface area contributed by atoms with Crippen molar-refractivity contribution in [1.29, 1.82) is 0 Å². The Balaban J connectivity index is 2.14. The Hall–Kier alpha value is -0.900. The number of benzene rings is 1. The molecule has 20 heavy (non-hydrogen) atoms. The summed E-state index contributed by atoms with van der Waals surface area (Å²) in [6.45, 7) is 6.62. The van der Waals surface area contributed by atoms with Crippen LogP contribution in [0.1, 0.15) is 36.9 Å². The summed E-state index contributed by atoms with van der Waals surface area (Å²) >= 11 is 0. The Morgan fingerprint density at radius 1 is 1.40 bits per heavy atom. The van der Waals surface area contributed by atoms with E-state index < -0.39 is 0 Å². The van der Waals surface area contributed by atoms with Crippen LogP contribution in [0.3, 0.4) is 0 Å². The highest BCUT2D eigenvalue weighted by atomic mass is 15.2. The minimum absolute atomic E-state index is 0.132. The van der Waals surface area contributed by atoms with Gasteiger partial charge in [0.15, 0.2) is 0 Å². The summed E-state index contributed by atoms with van der Waals surface area (Å²) in [5.41, 5.74) is 8.99. The van der Waals surface area contributed by atoms with Gasteiger partial charge in [-0.3, -0.25) is 4.90 Å². The molecular formula is C17H29N3. The van der Waals surface area contributed by atoms with Gasteiger partial charge in [-0.2, -0.15) is 0 Å². The van der Waals surface area contributed by atoms with Crippen LogP contribution < -0.4 is 5.73 Å². The van der Waals surface area contributed by atoms with Gasteiger partial charge in [-0.05, 0) is 58.5 Å². The minimum Gasteiger partial charge on any atom is -0.326 e. The first-order valence-electron chi connectivity index (χ1n) is 7.72. The van der Waals surface area contributed by atoms with E-state index in [-0.39, 0.29) is 6.04 Å². The van der Waals surface area contributed by atoms with Crippen LogP contribution in [0.5, 0.6) is 0 Å². The number of likely N-dealkylation sites (tertiary alicyclic amines) is 1. The molecule has 1 saturated heterocycles. The lowest BCUT2D eigenvalue weighted by Crippen LogP contribution is -2.43. The molecule has 112 valence electrons. The zero-order chi connectivity index (χ0) is 14.7. The highest BCUT2D eigenvalue weighted by molar-refractivity contribution is 5.29. The van der Waals surface area contributed by atoms with E-state index in [1.807, 2.05) is 0 Å². The molecule has 1 fully saturated rings. The molecule has 0 aromatic heterocycles. The van der Waals surface area contributed by atoms with E-state index in [1.165, 1.54) is 30.5 Å². The van der Waals surface area contributed by atoms with Gasteiger partial charge in [0.2, 0.25) is 0 Å². The normalized spacial score (nSPS) is 23.2. The van der Waals surface area contributed by atoms with Crippen LogP contribution >= 0.6 is 0 Å². The van der Waals surface area contributed by atoms with E-state index in [4.69, 9.17) is 5.73 Å². The quantitative estimate of drug-likeness (QED) is 0.895. The Morgan fingerprint density at radius 2 is 2.10 bits per heavy atom. The molecule has 1 heterocycles. The minimum atomic E-state index is 0.132. The van der Waals surface area contributed by atoms with Crippen molar-refractivity contribution in [2.24, 2.45) is 5.73 Å². The molecule has 3 heteroatoms. The first kappa shape index (κ1) is 15.5. The lowest BCUT2D eigenvalue weighted by molar-refractivity contribution is 0.162. The molecule has 0 bridgehead atoms. The van der Waals surface area contributed by atoms with Crippen LogP contribution in [-0.4, -0.2) is 49.1 Å². The number of nitrogens with two attached hydrogens (primary N) is 1. The molecule has 0 spiro atoms. The number of hydrogen-bond acceptors (Lipinski definition) is 3. The van der Waals surface area contributed by atoms with Crippen molar-refractivity contribution in [1.82, 2.24) is 9.80 Å². The molecule has 3 nitrogen and oxygen atoms in total. The van der Waals surface area contributed by atoms with Crippen LogP contribution in [0.15, 0.2) is 24.3 Å². The summed E-state index contributed by atoms with van der Waals surface area (Å²) in [4.78, 5) is 4.92. The largest absolute Gasteiger partial charge is 0.326 e. The van der Waals surface area contributed by atoms with Gasteiger partial charge in [-0.15, -0.1) is 0 Å². The Morgan fingerprint density at radius 3 is 2.65 bits per heavy atom. The topological polar surface area (TPSA) is 32.5 Å². The van der Waals surface area contributed by atoms with Crippen LogP contribution in [0, 0.1) is 6.92 Å². The zero-order valence-corrected chi connectivity index (χ0v) is 13.3. The monoisotopic (exact) mass is 275 g/mol. The van der Waals surface area contributed by atoms with Gasteiger partial charge in [0.05, 0.1) is 0 Å². The summed E-state index contributed by atoms with van der Waals surface area (Å²) in [5.74, 6) is 0. The van der Waals surface area contributed by atoms with Crippen molar-refractivity contribution in [2.75, 3.05) is 27.2 Å². The van der Waals surface area contributed by atoms with Crippen molar-refractivity contribution in [2.45, 2.75) is 44.8 Å². The van der Waals surface area contributed by atoms with Crippen molar-refractivity contribution in [3.05, 3.63) is 35.4 Å². The van der Waals surface area contributed by atoms with Crippen molar-refractivity contribution in [3.8, 4) is 0 Å². The summed E-state index contributed by atoms with van der Waals surface area (Å²) in [5, 5.41) is 0. The standard InChI is InChI=1S/C17H29N3/c1-13-8-5-6-10-16(13)17(14(2)18)20(4)12-15-9-7-11-19(15)3/h5-6,8,10,14-15,17H,7,9,11-12,18H2,1-4H3. The van der Waals surface area contributed by atoms with Crippen LogP contribution in [0.25, 0.3) is 0 Å². The second kappa shape index (κ2) is 6.70. The first-order chi connectivity index (χ1) is 9.50. The van der Waals surface area contributed by atoms with E-state index >= 15 is 0 Å². The molecule has 3 unspecified atom stereocenters. The van der Waals surface area contributed by atoms with E-state index in [0.717, 1.165) is 6.54 Å². The summed E-state index contributed by atoms with van der Waals surface area (Å²) in [6.07, 6.45) is 2.63. The molecule has 0 saturated carbocycles. The molecule has 0 amide bonds. The zero-order valence-electron chi connectivity index (χ0n) is 13.3. The highest BCUT2D eigenvalue weighted by Gasteiger charge is 2.28. The molecular weight excluding hydrogens is 246 g/mol. The Labute approximate surface area is 123 Å². The van der Waals surface area contributed by atoms with Gasteiger partial charge < -0.3 is 10.6 Å². The van der Waals surface area contributed by atoms with Gasteiger partial charge in [0.1, 0.15) is 0 Å². The molecule has 2 rings (SSSR count). The second-order valence-corrected chi connectivity index (χ2v) is 6.38. The fourth-order valence-corrected chi connectivity index (χ4v) is 3.50. The van der Waals surface area contributed by atoms with Crippen LogP contribution in [-0.2, 0) is 0 Å². The molecule has 1 aliphatic rings. The van der Waals surface area contributed by atoms with E-state index in [9.17, 15) is 0 Å². The van der Waals surface area contributed by atoms with E-state index in [0.29, 0.717) is 12.1 Å². The third-order valence-electron chi connectivity index (χ3n) is 4.65. The fourth-order valence-electron chi connectivity index (χ4n) is 3.50. The van der Waals surface area contributed by atoms with Crippen LogP contribution in [0.2, 0.25) is 0 Å². The number of nitrogens with zero attached hydrogens (tertiary/aromatic N) is 2. The second-order valence-electron chi connectivity index (χ2n) is 6.38. The highest BCUT2D eigenvalue weighted by Crippen LogP contribution is 2.27. The van der Waals surface area contributed by atoms with Gasteiger partial charge in [-0.25, -0.2) is 0 Å². The molecule has 1 aromatic rings. The molecule has 0 aliphatic carbocycles. The fraction of sp³-hybridized carbons (Fsp3) is 0.647. The lowest BCUT2D eigenvalue weighted by Gasteiger charge is -2.35. The molecule has 2 N–H and O–H groups in total. The predicted octanol–water partition coefficient (Wildman–Crippen LogP) is 2.41. The average molecular weight is 275 g/mol. The van der Waals surface area contributed by atoms with Crippen molar-refractivity contribution < 1.29 is 0 Å². The van der Waals surface area contributed by atoms with Crippen molar-refractivity contribution in [3.63, 3.8) is 0 Å². The third-order valence-corrected chi connectivity index (χ3v) is 4.65. The van der Waals surface area contributed by atoms with E-state index in [2.05, 4.69) is 62.0 Å². The van der Waals surface area contributed by atoms with Gasteiger partial charge in [-0.1, -0.05) is 24.3 Å². The smallest absolute Gasteiger partial charge is 0.0496 e. The Kier molecular flexibility index (Phi) is 5.19. The molecule has 3 atom stereocenters. The average Bonchev–Trinajstić information content (AvgIpc) is 2.77. The maximum Gasteiger partial charge on any atom is 0.0496 e. The van der Waals surface area contributed by atoms with Crippen molar-refractivity contribution >= 4 is 0 Å². The third kappa shape index (κ3) is 3.40. The Bertz CT molecular complexity index is 430. The van der Waals surface area contributed by atoms with Gasteiger partial charge in [0, 0.05) is 24.7 Å². The van der Waals surface area contributed by atoms with Gasteiger partial charge >= 0.3 is 0 Å². The molecule has 1 aliphatic heterocycles. The summed E-state index contributed by atoms with van der Waals surface area (Å²) in [6, 6.07) is 9.72. The molecule has 0 radical (unpaired) electrons. The summed E-state index contributed by atoms with van der Waals surface area (Å²) in [7, 11) is 4.45. The SMILES string of the molecule is Cc1ccccc1C(C(C)N)N(C)CC1CCCN1C. The molecule has 1 aromatic carbocycles. The number of likely N-dealkylation sites (N-methyl/N-ethyl adjacent to an activating group) is 2. The first-order valence-corrected chi connectivity index (χ1v) is 7.72. The number of rotatable bonds is 5. The predicted molar refractivity (Wildman–Crippen MR) is 85.9 cm³/mol. The lowest BCUT2D eigenvalue weighted by atomic mass is 9.95. The maximum absolute atomic E-state index is 6.29.